The molecule has 0 atom stereocenters. The summed E-state index contributed by atoms with van der Waals surface area (Å²) in [4.78, 5) is 9.17. The van der Waals surface area contributed by atoms with Gasteiger partial charge in [-0.3, -0.25) is 0 Å². The molecule has 0 fully saturated rings. The quantitative estimate of drug-likeness (QED) is 0.387. The molecule has 2 N–H and O–H groups in total. The van der Waals surface area contributed by atoms with E-state index in [9.17, 15) is 5.11 Å². The van der Waals surface area contributed by atoms with E-state index in [2.05, 4.69) is 20.5 Å². The lowest BCUT2D eigenvalue weighted by Gasteiger charge is -2.08. The maximum Gasteiger partial charge on any atom is 0.244 e. The van der Waals surface area contributed by atoms with E-state index in [1.807, 2.05) is 72.8 Å². The first kappa shape index (κ1) is 17.4. The van der Waals surface area contributed by atoms with Crippen molar-refractivity contribution in [2.24, 2.45) is 5.10 Å². The van der Waals surface area contributed by atoms with Gasteiger partial charge in [0.05, 0.1) is 17.6 Å². The Hall–Kier alpha value is -3.99. The predicted octanol–water partition coefficient (Wildman–Crippen LogP) is 4.96. The van der Waals surface area contributed by atoms with Crippen LogP contribution < -0.4 is 5.43 Å². The van der Waals surface area contributed by atoms with E-state index in [1.54, 1.807) is 18.2 Å². The van der Waals surface area contributed by atoms with Gasteiger partial charge in [0, 0.05) is 16.7 Å². The molecule has 0 bridgehead atoms. The summed E-state index contributed by atoms with van der Waals surface area (Å²) >= 11 is 0. The molecule has 5 nitrogen and oxygen atoms in total. The molecule has 5 heteroatoms. The number of benzene rings is 3. The normalized spacial score (nSPS) is 10.9. The van der Waals surface area contributed by atoms with E-state index < -0.39 is 0 Å². The summed E-state index contributed by atoms with van der Waals surface area (Å²) in [6.07, 6.45) is 1.54. The number of rotatable bonds is 5. The minimum Gasteiger partial charge on any atom is -0.507 e. The van der Waals surface area contributed by atoms with Crippen LogP contribution in [0, 0.1) is 0 Å². The Morgan fingerprint density at radius 3 is 1.82 bits per heavy atom. The molecular formula is C23H18N4O. The molecule has 0 saturated heterocycles. The average Bonchev–Trinajstić information content (AvgIpc) is 2.76. The maximum atomic E-state index is 9.84. The molecule has 0 spiro atoms. The fourth-order valence-electron chi connectivity index (χ4n) is 2.77. The van der Waals surface area contributed by atoms with Gasteiger partial charge < -0.3 is 5.11 Å². The monoisotopic (exact) mass is 366 g/mol. The molecule has 0 aliphatic carbocycles. The first-order chi connectivity index (χ1) is 13.8. The summed E-state index contributed by atoms with van der Waals surface area (Å²) in [6, 6.07) is 28.8. The van der Waals surface area contributed by atoms with Crippen molar-refractivity contribution < 1.29 is 5.11 Å². The second-order valence-electron chi connectivity index (χ2n) is 6.12. The van der Waals surface area contributed by atoms with Crippen molar-refractivity contribution in [2.75, 3.05) is 5.43 Å². The molecule has 28 heavy (non-hydrogen) atoms. The molecule has 4 aromatic rings. The molecule has 0 unspecified atom stereocenters. The zero-order valence-corrected chi connectivity index (χ0v) is 15.0. The molecule has 3 aromatic carbocycles. The minimum atomic E-state index is 0.164. The molecule has 1 heterocycles. The van der Waals surface area contributed by atoms with Crippen LogP contribution in [0.15, 0.2) is 96.1 Å². The number of nitrogens with zero attached hydrogens (tertiary/aromatic N) is 3. The third-order valence-electron chi connectivity index (χ3n) is 4.17. The van der Waals surface area contributed by atoms with Crippen molar-refractivity contribution in [3.63, 3.8) is 0 Å². The number of nitrogens with one attached hydrogen (secondary N) is 1. The van der Waals surface area contributed by atoms with Crippen LogP contribution in [0.5, 0.6) is 5.75 Å². The van der Waals surface area contributed by atoms with Gasteiger partial charge in [-0.2, -0.15) is 5.10 Å². The fourth-order valence-corrected chi connectivity index (χ4v) is 2.77. The molecule has 0 radical (unpaired) electrons. The van der Waals surface area contributed by atoms with Crippen LogP contribution >= 0.6 is 0 Å². The third-order valence-corrected chi connectivity index (χ3v) is 4.17. The van der Waals surface area contributed by atoms with E-state index in [-0.39, 0.29) is 5.75 Å². The number of hydrogen-bond donors (Lipinski definition) is 2. The Labute approximate surface area is 163 Å². The molecule has 0 saturated carbocycles. The van der Waals surface area contributed by atoms with E-state index in [1.165, 1.54) is 6.21 Å². The lowest BCUT2D eigenvalue weighted by molar-refractivity contribution is 0.474. The largest absolute Gasteiger partial charge is 0.507 e. The highest BCUT2D eigenvalue weighted by molar-refractivity contribution is 5.83. The van der Waals surface area contributed by atoms with Gasteiger partial charge in [0.1, 0.15) is 5.75 Å². The molecule has 136 valence electrons. The Bertz CT molecular complexity index is 1040. The highest BCUT2D eigenvalue weighted by Gasteiger charge is 2.08. The number of aromatic hydroxyl groups is 1. The third kappa shape index (κ3) is 4.04. The topological polar surface area (TPSA) is 70.4 Å². The van der Waals surface area contributed by atoms with Gasteiger partial charge in [0.2, 0.25) is 5.95 Å². The Kier molecular flexibility index (Phi) is 5.06. The predicted molar refractivity (Wildman–Crippen MR) is 112 cm³/mol. The second kappa shape index (κ2) is 8.14. The summed E-state index contributed by atoms with van der Waals surface area (Å²) < 4.78 is 0. The van der Waals surface area contributed by atoms with E-state index in [4.69, 9.17) is 0 Å². The zero-order valence-electron chi connectivity index (χ0n) is 15.0. The average molecular weight is 366 g/mol. The van der Waals surface area contributed by atoms with Crippen LogP contribution in [-0.4, -0.2) is 21.3 Å². The fraction of sp³-hybridized carbons (Fsp3) is 0. The van der Waals surface area contributed by atoms with Gasteiger partial charge >= 0.3 is 0 Å². The summed E-state index contributed by atoms with van der Waals surface area (Å²) in [5.74, 6) is 0.545. The lowest BCUT2D eigenvalue weighted by atomic mass is 10.1. The Morgan fingerprint density at radius 2 is 1.25 bits per heavy atom. The summed E-state index contributed by atoms with van der Waals surface area (Å²) in [5.41, 5.74) is 7.08. The van der Waals surface area contributed by atoms with Crippen molar-refractivity contribution in [1.29, 1.82) is 0 Å². The number of para-hydroxylation sites is 1. The van der Waals surface area contributed by atoms with Gasteiger partial charge in [-0.25, -0.2) is 15.4 Å². The number of phenols is 1. The second-order valence-corrected chi connectivity index (χ2v) is 6.12. The van der Waals surface area contributed by atoms with Crippen molar-refractivity contribution in [3.8, 4) is 28.3 Å². The molecule has 4 rings (SSSR count). The number of hydrogen-bond acceptors (Lipinski definition) is 5. The summed E-state index contributed by atoms with van der Waals surface area (Å²) in [5, 5.41) is 14.0. The smallest absolute Gasteiger partial charge is 0.244 e. The summed E-state index contributed by atoms with van der Waals surface area (Å²) in [7, 11) is 0. The first-order valence-electron chi connectivity index (χ1n) is 8.86. The van der Waals surface area contributed by atoms with Crippen LogP contribution in [0.2, 0.25) is 0 Å². The van der Waals surface area contributed by atoms with Crippen molar-refractivity contribution in [2.45, 2.75) is 0 Å². The molecule has 0 aliphatic rings. The standard InChI is InChI=1S/C23H18N4O/c28-22-14-8-7-13-19(22)16-24-27-23-25-20(17-9-3-1-4-10-17)15-21(26-23)18-11-5-2-6-12-18/h1-16,28H,(H,25,26,27)/b24-16-. The van der Waals surface area contributed by atoms with Crippen molar-refractivity contribution in [1.82, 2.24) is 9.97 Å². The Morgan fingerprint density at radius 1 is 0.714 bits per heavy atom. The molecular weight excluding hydrogens is 348 g/mol. The van der Waals surface area contributed by atoms with Gasteiger partial charge in [-0.15, -0.1) is 0 Å². The Balaban J connectivity index is 1.69. The maximum absolute atomic E-state index is 9.84. The molecule has 1 aromatic heterocycles. The van der Waals surface area contributed by atoms with Crippen LogP contribution in [0.3, 0.4) is 0 Å². The van der Waals surface area contributed by atoms with Crippen molar-refractivity contribution >= 4 is 12.2 Å². The van der Waals surface area contributed by atoms with Gasteiger partial charge in [-0.1, -0.05) is 72.8 Å². The van der Waals surface area contributed by atoms with E-state index >= 15 is 0 Å². The number of hydrazone groups is 1. The highest BCUT2D eigenvalue weighted by Crippen LogP contribution is 2.25. The summed E-state index contributed by atoms with van der Waals surface area (Å²) in [6.45, 7) is 0. The van der Waals surface area contributed by atoms with Gasteiger partial charge in [0.15, 0.2) is 0 Å². The highest BCUT2D eigenvalue weighted by atomic mass is 16.3. The van der Waals surface area contributed by atoms with Gasteiger partial charge in [0.25, 0.3) is 0 Å². The SMILES string of the molecule is Oc1ccccc1/C=N\Nc1nc(-c2ccccc2)cc(-c2ccccc2)n1. The van der Waals surface area contributed by atoms with Crippen LogP contribution in [-0.2, 0) is 0 Å². The van der Waals surface area contributed by atoms with Crippen LogP contribution in [0.4, 0.5) is 5.95 Å². The van der Waals surface area contributed by atoms with E-state index in [0.29, 0.717) is 11.5 Å². The van der Waals surface area contributed by atoms with Crippen LogP contribution in [0.1, 0.15) is 5.56 Å². The zero-order chi connectivity index (χ0) is 19.2. The number of phenolic OH excluding ortho intramolecular Hbond substituents is 1. The van der Waals surface area contributed by atoms with Gasteiger partial charge in [-0.05, 0) is 18.2 Å². The molecule has 0 aliphatic heterocycles. The number of anilines is 1. The first-order valence-corrected chi connectivity index (χ1v) is 8.86. The van der Waals surface area contributed by atoms with E-state index in [0.717, 1.165) is 22.5 Å². The molecule has 0 amide bonds. The number of aromatic nitrogens is 2. The lowest BCUT2D eigenvalue weighted by Crippen LogP contribution is -2.00. The minimum absolute atomic E-state index is 0.164. The van der Waals surface area contributed by atoms with Crippen molar-refractivity contribution in [3.05, 3.63) is 96.6 Å². The van der Waals surface area contributed by atoms with Crippen LogP contribution in [0.25, 0.3) is 22.5 Å².